The second-order valence-electron chi connectivity index (χ2n) is 7.00. The van der Waals surface area contributed by atoms with E-state index in [1.165, 1.54) is 6.42 Å². The Morgan fingerprint density at radius 3 is 2.81 bits per heavy atom. The van der Waals surface area contributed by atoms with Crippen molar-refractivity contribution in [2.45, 2.75) is 51.9 Å². The summed E-state index contributed by atoms with van der Waals surface area (Å²) in [6.45, 7) is 4.29. The lowest BCUT2D eigenvalue weighted by Crippen LogP contribution is -2.52. The number of amides is 2. The third-order valence-electron chi connectivity index (χ3n) is 5.15. The van der Waals surface area contributed by atoms with E-state index in [1.54, 1.807) is 0 Å². The Hall–Kier alpha value is -1.64. The van der Waals surface area contributed by atoms with Crippen molar-refractivity contribution < 1.29 is 9.59 Å². The summed E-state index contributed by atoms with van der Waals surface area (Å²) in [5, 5.41) is 2.56. The summed E-state index contributed by atoms with van der Waals surface area (Å²) < 4.78 is 0. The summed E-state index contributed by atoms with van der Waals surface area (Å²) in [5.74, 6) is 0.201. The van der Waals surface area contributed by atoms with E-state index >= 15 is 0 Å². The first-order chi connectivity index (χ1) is 10.00. The second-order valence-corrected chi connectivity index (χ2v) is 7.00. The zero-order valence-corrected chi connectivity index (χ0v) is 12.8. The van der Waals surface area contributed by atoms with E-state index in [2.05, 4.69) is 18.3 Å². The van der Waals surface area contributed by atoms with Gasteiger partial charge in [-0.15, -0.1) is 0 Å². The molecule has 2 fully saturated rings. The lowest BCUT2D eigenvalue weighted by molar-refractivity contribution is -0.142. The van der Waals surface area contributed by atoms with Crippen molar-refractivity contribution in [1.29, 1.82) is 0 Å². The molecule has 112 valence electrons. The largest absolute Gasteiger partial charge is 0.296 e. The minimum Gasteiger partial charge on any atom is -0.296 e. The molecule has 3 atom stereocenters. The number of piperidine rings is 1. The van der Waals surface area contributed by atoms with E-state index in [0.29, 0.717) is 12.3 Å². The number of rotatable bonds is 1. The monoisotopic (exact) mass is 285 g/mol. The molecule has 3 nitrogen and oxygen atoms in total. The molecule has 3 rings (SSSR count). The number of aryl methyl sites for hydroxylation is 1. The lowest BCUT2D eigenvalue weighted by atomic mass is 9.58. The van der Waals surface area contributed by atoms with Crippen molar-refractivity contribution >= 4 is 11.8 Å². The average molecular weight is 285 g/mol. The normalized spacial score (nSPS) is 33.0. The molecular formula is C18H23NO2. The van der Waals surface area contributed by atoms with Gasteiger partial charge >= 0.3 is 0 Å². The van der Waals surface area contributed by atoms with E-state index in [0.717, 1.165) is 30.4 Å². The topological polar surface area (TPSA) is 46.2 Å². The second kappa shape index (κ2) is 5.28. The first kappa shape index (κ1) is 14.3. The smallest absolute Gasteiger partial charge is 0.234 e. The van der Waals surface area contributed by atoms with Crippen LogP contribution in [-0.2, 0) is 9.59 Å². The zero-order chi connectivity index (χ0) is 15.0. The predicted octanol–water partition coefficient (Wildman–Crippen LogP) is 3.32. The molecule has 21 heavy (non-hydrogen) atoms. The quantitative estimate of drug-likeness (QED) is 0.805. The third-order valence-corrected chi connectivity index (χ3v) is 5.15. The van der Waals surface area contributed by atoms with E-state index in [1.807, 2.05) is 25.1 Å². The molecular weight excluding hydrogens is 262 g/mol. The van der Waals surface area contributed by atoms with Crippen molar-refractivity contribution in [3.8, 4) is 0 Å². The number of hydrogen-bond acceptors (Lipinski definition) is 2. The molecule has 1 saturated heterocycles. The fourth-order valence-corrected chi connectivity index (χ4v) is 4.43. The molecule has 0 aromatic heterocycles. The number of carbonyl (C=O) groups is 2. The number of carbonyl (C=O) groups excluding carboxylic acids is 2. The molecule has 0 bridgehead atoms. The Bertz CT molecular complexity index is 580. The van der Waals surface area contributed by atoms with E-state index in [-0.39, 0.29) is 23.1 Å². The Labute approximate surface area is 126 Å². The van der Waals surface area contributed by atoms with Crippen LogP contribution in [-0.4, -0.2) is 11.8 Å². The molecule has 1 spiro atoms. The molecule has 1 heterocycles. The van der Waals surface area contributed by atoms with Crippen molar-refractivity contribution in [3.05, 3.63) is 35.4 Å². The fourth-order valence-electron chi connectivity index (χ4n) is 4.43. The Morgan fingerprint density at radius 2 is 2.10 bits per heavy atom. The molecule has 2 aliphatic rings. The van der Waals surface area contributed by atoms with Crippen LogP contribution in [0.3, 0.4) is 0 Å². The van der Waals surface area contributed by atoms with Crippen LogP contribution in [0.15, 0.2) is 24.3 Å². The van der Waals surface area contributed by atoms with E-state index < -0.39 is 0 Å². The first-order valence-corrected chi connectivity index (χ1v) is 7.90. The molecule has 0 radical (unpaired) electrons. The van der Waals surface area contributed by atoms with Crippen LogP contribution in [0.5, 0.6) is 0 Å². The van der Waals surface area contributed by atoms with Gasteiger partial charge in [0.1, 0.15) is 0 Å². The standard InChI is InChI=1S/C18H23NO2/c1-12-5-3-7-14(9-12)16-17(21)19-15(20)11-18(16)8-4-6-13(2)10-18/h3,5,7,9,13,16H,4,6,8,10-11H2,1-2H3,(H,19,20,21). The molecule has 1 aliphatic heterocycles. The maximum Gasteiger partial charge on any atom is 0.234 e. The summed E-state index contributed by atoms with van der Waals surface area (Å²) in [4.78, 5) is 24.5. The van der Waals surface area contributed by atoms with Crippen LogP contribution >= 0.6 is 0 Å². The van der Waals surface area contributed by atoms with Crippen LogP contribution in [0.2, 0.25) is 0 Å². The first-order valence-electron chi connectivity index (χ1n) is 7.90. The summed E-state index contributed by atoms with van der Waals surface area (Å²) in [6.07, 6.45) is 4.77. The van der Waals surface area contributed by atoms with Crippen LogP contribution in [0.4, 0.5) is 0 Å². The van der Waals surface area contributed by atoms with Crippen LogP contribution in [0, 0.1) is 18.3 Å². The predicted molar refractivity (Wildman–Crippen MR) is 81.8 cm³/mol. The molecule has 2 amide bonds. The van der Waals surface area contributed by atoms with E-state index in [4.69, 9.17) is 0 Å². The SMILES string of the molecule is Cc1cccc(C2C(=O)NC(=O)CC23CCCC(C)C3)c1. The molecule has 1 saturated carbocycles. The van der Waals surface area contributed by atoms with Gasteiger partial charge in [-0.25, -0.2) is 0 Å². The molecule has 1 aromatic carbocycles. The van der Waals surface area contributed by atoms with Crippen molar-refractivity contribution in [3.63, 3.8) is 0 Å². The highest BCUT2D eigenvalue weighted by Gasteiger charge is 2.50. The number of imide groups is 1. The van der Waals surface area contributed by atoms with Crippen molar-refractivity contribution in [2.24, 2.45) is 11.3 Å². The van der Waals surface area contributed by atoms with Crippen molar-refractivity contribution in [2.75, 3.05) is 0 Å². The molecule has 1 N–H and O–H groups in total. The molecule has 3 unspecified atom stereocenters. The maximum atomic E-state index is 12.6. The summed E-state index contributed by atoms with van der Waals surface area (Å²) in [7, 11) is 0. The van der Waals surface area contributed by atoms with Crippen LogP contribution in [0.1, 0.15) is 56.1 Å². The Balaban J connectivity index is 2.04. The van der Waals surface area contributed by atoms with Gasteiger partial charge in [0, 0.05) is 6.42 Å². The zero-order valence-electron chi connectivity index (χ0n) is 12.8. The van der Waals surface area contributed by atoms with Crippen molar-refractivity contribution in [1.82, 2.24) is 5.32 Å². The van der Waals surface area contributed by atoms with Gasteiger partial charge in [-0.1, -0.05) is 49.6 Å². The molecule has 3 heteroatoms. The maximum absolute atomic E-state index is 12.6. The average Bonchev–Trinajstić information content (AvgIpc) is 2.37. The van der Waals surface area contributed by atoms with Gasteiger partial charge in [0.25, 0.3) is 0 Å². The van der Waals surface area contributed by atoms with Gasteiger partial charge in [-0.05, 0) is 36.7 Å². The van der Waals surface area contributed by atoms with Gasteiger partial charge in [-0.2, -0.15) is 0 Å². The number of benzene rings is 1. The third kappa shape index (κ3) is 2.61. The van der Waals surface area contributed by atoms with Gasteiger partial charge in [0.2, 0.25) is 11.8 Å². The van der Waals surface area contributed by atoms with Crippen LogP contribution in [0.25, 0.3) is 0 Å². The number of nitrogens with one attached hydrogen (secondary N) is 1. The van der Waals surface area contributed by atoms with Gasteiger partial charge < -0.3 is 0 Å². The van der Waals surface area contributed by atoms with Gasteiger partial charge in [0.15, 0.2) is 0 Å². The fraction of sp³-hybridized carbons (Fsp3) is 0.556. The van der Waals surface area contributed by atoms with Gasteiger partial charge in [0.05, 0.1) is 5.92 Å². The molecule has 1 aromatic rings. The summed E-state index contributed by atoms with van der Waals surface area (Å²) in [5.41, 5.74) is 2.05. The lowest BCUT2D eigenvalue weighted by Gasteiger charge is -2.47. The summed E-state index contributed by atoms with van der Waals surface area (Å²) >= 11 is 0. The summed E-state index contributed by atoms with van der Waals surface area (Å²) in [6, 6.07) is 8.19. The minimum absolute atomic E-state index is 0.0991. The van der Waals surface area contributed by atoms with Crippen LogP contribution < -0.4 is 5.32 Å². The Kier molecular flexibility index (Phi) is 3.60. The molecule has 1 aliphatic carbocycles. The highest BCUT2D eigenvalue weighted by molar-refractivity contribution is 6.02. The van der Waals surface area contributed by atoms with E-state index in [9.17, 15) is 9.59 Å². The highest BCUT2D eigenvalue weighted by atomic mass is 16.2. The minimum atomic E-state index is -0.183. The van der Waals surface area contributed by atoms with Gasteiger partial charge in [-0.3, -0.25) is 14.9 Å². The highest BCUT2D eigenvalue weighted by Crippen LogP contribution is 2.53. The Morgan fingerprint density at radius 1 is 1.29 bits per heavy atom. The number of hydrogen-bond donors (Lipinski definition) is 1.